The minimum Gasteiger partial charge on any atom is -0.445 e. The number of sulfone groups is 1. The van der Waals surface area contributed by atoms with Crippen molar-refractivity contribution in [1.82, 2.24) is 5.32 Å². The lowest BCUT2D eigenvalue weighted by atomic mass is 10.2. The van der Waals surface area contributed by atoms with Gasteiger partial charge in [0.05, 0.1) is 9.64 Å². The first-order chi connectivity index (χ1) is 11.7. The van der Waals surface area contributed by atoms with E-state index in [0.29, 0.717) is 0 Å². The average molecular weight is 426 g/mol. The fraction of sp³-hybridized carbons (Fsp3) is 0.278. The molecular formula is C18H20BrNO4S. The van der Waals surface area contributed by atoms with Crippen LogP contribution in [0.1, 0.15) is 19.4 Å². The van der Waals surface area contributed by atoms with E-state index in [1.807, 2.05) is 30.3 Å². The first-order valence-electron chi connectivity index (χ1n) is 7.67. The molecule has 2 aromatic carbocycles. The third kappa shape index (κ3) is 5.06. The number of carbonyl (C=O) groups is 1. The number of carbonyl (C=O) groups excluding carboxylic acids is 1. The number of nitrogens with one attached hydrogen (secondary N) is 1. The lowest BCUT2D eigenvalue weighted by Crippen LogP contribution is -2.44. The van der Waals surface area contributed by atoms with Gasteiger partial charge in [0.2, 0.25) is 0 Å². The SMILES string of the molecule is CC(C)(CNC(=O)OCc1ccccc1)S(=O)(=O)c1ccc(Br)cc1. The van der Waals surface area contributed by atoms with Gasteiger partial charge in [0.1, 0.15) is 6.61 Å². The van der Waals surface area contributed by atoms with Crippen molar-refractivity contribution in [3.63, 3.8) is 0 Å². The molecule has 5 nitrogen and oxygen atoms in total. The first-order valence-corrected chi connectivity index (χ1v) is 9.95. The summed E-state index contributed by atoms with van der Waals surface area (Å²) in [6, 6.07) is 15.7. The summed E-state index contributed by atoms with van der Waals surface area (Å²) in [6.07, 6.45) is -0.650. The maximum Gasteiger partial charge on any atom is 0.407 e. The molecule has 0 bridgehead atoms. The highest BCUT2D eigenvalue weighted by Crippen LogP contribution is 2.26. The molecule has 0 aromatic heterocycles. The van der Waals surface area contributed by atoms with E-state index >= 15 is 0 Å². The van der Waals surface area contributed by atoms with Gasteiger partial charge < -0.3 is 10.1 Å². The lowest BCUT2D eigenvalue weighted by Gasteiger charge is -2.25. The molecule has 1 N–H and O–H groups in total. The van der Waals surface area contributed by atoms with Crippen LogP contribution in [0.2, 0.25) is 0 Å². The fourth-order valence-corrected chi connectivity index (χ4v) is 3.75. The van der Waals surface area contributed by atoms with Gasteiger partial charge in [-0.1, -0.05) is 46.3 Å². The Hall–Kier alpha value is -1.86. The van der Waals surface area contributed by atoms with Gasteiger partial charge in [-0.2, -0.15) is 0 Å². The number of halogens is 1. The van der Waals surface area contributed by atoms with E-state index in [2.05, 4.69) is 21.2 Å². The van der Waals surface area contributed by atoms with Gasteiger partial charge in [-0.15, -0.1) is 0 Å². The van der Waals surface area contributed by atoms with Gasteiger partial charge in [0, 0.05) is 11.0 Å². The van der Waals surface area contributed by atoms with E-state index in [4.69, 9.17) is 4.74 Å². The molecule has 1 amide bonds. The number of alkyl carbamates (subject to hydrolysis) is 1. The number of amides is 1. The average Bonchev–Trinajstić information content (AvgIpc) is 2.59. The van der Waals surface area contributed by atoms with Crippen LogP contribution in [-0.4, -0.2) is 25.8 Å². The third-order valence-corrected chi connectivity index (χ3v) is 6.74. The minimum atomic E-state index is -3.61. The van der Waals surface area contributed by atoms with Crippen molar-refractivity contribution in [2.75, 3.05) is 6.54 Å². The number of ether oxygens (including phenoxy) is 1. The summed E-state index contributed by atoms with van der Waals surface area (Å²) in [5.74, 6) is 0. The Bertz CT molecular complexity index is 818. The molecule has 25 heavy (non-hydrogen) atoms. The van der Waals surface area contributed by atoms with Crippen LogP contribution in [0.15, 0.2) is 64.0 Å². The number of rotatable bonds is 6. The summed E-state index contributed by atoms with van der Waals surface area (Å²) in [5, 5.41) is 2.53. The number of benzene rings is 2. The van der Waals surface area contributed by atoms with Crippen molar-refractivity contribution in [2.45, 2.75) is 30.1 Å². The highest BCUT2D eigenvalue weighted by molar-refractivity contribution is 9.10. The Morgan fingerprint density at radius 3 is 2.28 bits per heavy atom. The van der Waals surface area contributed by atoms with Gasteiger partial charge in [-0.25, -0.2) is 13.2 Å². The van der Waals surface area contributed by atoms with Crippen molar-refractivity contribution in [1.29, 1.82) is 0 Å². The Labute approximate surface area is 156 Å². The molecule has 2 rings (SSSR count). The van der Waals surface area contributed by atoms with Crippen molar-refractivity contribution in [3.8, 4) is 0 Å². The molecule has 0 saturated heterocycles. The molecule has 0 aliphatic heterocycles. The van der Waals surface area contributed by atoms with E-state index in [9.17, 15) is 13.2 Å². The van der Waals surface area contributed by atoms with Gasteiger partial charge in [-0.05, 0) is 43.7 Å². The molecule has 0 atom stereocenters. The molecule has 7 heteroatoms. The Kier molecular flexibility index (Phi) is 6.24. The third-order valence-electron chi connectivity index (χ3n) is 3.72. The second kappa shape index (κ2) is 8.01. The topological polar surface area (TPSA) is 72.5 Å². The van der Waals surface area contributed by atoms with E-state index < -0.39 is 20.7 Å². The fourth-order valence-electron chi connectivity index (χ4n) is 2.09. The Balaban J connectivity index is 1.95. The second-order valence-corrected chi connectivity index (χ2v) is 9.63. The molecule has 0 radical (unpaired) electrons. The Morgan fingerprint density at radius 2 is 1.68 bits per heavy atom. The lowest BCUT2D eigenvalue weighted by molar-refractivity contribution is 0.139. The predicted octanol–water partition coefficient (Wildman–Crippen LogP) is 3.93. The minimum absolute atomic E-state index is 0.0565. The molecule has 0 spiro atoms. The van der Waals surface area contributed by atoms with Crippen LogP contribution < -0.4 is 5.32 Å². The summed E-state index contributed by atoms with van der Waals surface area (Å²) in [5.41, 5.74) is 0.861. The molecule has 0 saturated carbocycles. The predicted molar refractivity (Wildman–Crippen MR) is 100 cm³/mol. The smallest absolute Gasteiger partial charge is 0.407 e. The maximum absolute atomic E-state index is 12.7. The second-order valence-electron chi connectivity index (χ2n) is 6.13. The van der Waals surface area contributed by atoms with Gasteiger partial charge in [-0.3, -0.25) is 0 Å². The zero-order chi connectivity index (χ0) is 18.5. The molecule has 0 fully saturated rings. The molecule has 0 heterocycles. The Morgan fingerprint density at radius 1 is 1.08 bits per heavy atom. The van der Waals surface area contributed by atoms with Gasteiger partial charge in [0.15, 0.2) is 9.84 Å². The van der Waals surface area contributed by atoms with E-state index in [-0.39, 0.29) is 18.0 Å². The summed E-state index contributed by atoms with van der Waals surface area (Å²) in [6.45, 7) is 3.22. The molecule has 0 aliphatic carbocycles. The van der Waals surface area contributed by atoms with Crippen LogP contribution in [-0.2, 0) is 21.2 Å². The van der Waals surface area contributed by atoms with Crippen LogP contribution >= 0.6 is 15.9 Å². The molecule has 2 aromatic rings. The van der Waals surface area contributed by atoms with Gasteiger partial charge >= 0.3 is 6.09 Å². The molecule has 0 unspecified atom stereocenters. The first kappa shape index (κ1) is 19.5. The highest BCUT2D eigenvalue weighted by Gasteiger charge is 2.36. The summed E-state index contributed by atoms with van der Waals surface area (Å²) in [4.78, 5) is 12.0. The van der Waals surface area contributed by atoms with E-state index in [0.717, 1.165) is 10.0 Å². The van der Waals surface area contributed by atoms with Crippen molar-refractivity contribution in [3.05, 3.63) is 64.6 Å². The van der Waals surface area contributed by atoms with Crippen LogP contribution in [0, 0.1) is 0 Å². The van der Waals surface area contributed by atoms with E-state index in [1.165, 1.54) is 12.1 Å². The van der Waals surface area contributed by atoms with Gasteiger partial charge in [0.25, 0.3) is 0 Å². The highest BCUT2D eigenvalue weighted by atomic mass is 79.9. The molecule has 0 aliphatic rings. The largest absolute Gasteiger partial charge is 0.445 e. The summed E-state index contributed by atoms with van der Waals surface area (Å²) < 4.78 is 30.2. The number of hydrogen-bond acceptors (Lipinski definition) is 4. The number of hydrogen-bond donors (Lipinski definition) is 1. The summed E-state index contributed by atoms with van der Waals surface area (Å²) in [7, 11) is -3.61. The quantitative estimate of drug-likeness (QED) is 0.760. The van der Waals surface area contributed by atoms with Crippen LogP contribution in [0.3, 0.4) is 0 Å². The van der Waals surface area contributed by atoms with Crippen molar-refractivity contribution < 1.29 is 17.9 Å². The van der Waals surface area contributed by atoms with Crippen LogP contribution in [0.5, 0.6) is 0 Å². The van der Waals surface area contributed by atoms with Crippen molar-refractivity contribution in [2.24, 2.45) is 0 Å². The van der Waals surface area contributed by atoms with E-state index in [1.54, 1.807) is 26.0 Å². The normalized spacial score (nSPS) is 11.8. The van der Waals surface area contributed by atoms with Crippen LogP contribution in [0.25, 0.3) is 0 Å². The zero-order valence-electron chi connectivity index (χ0n) is 14.0. The zero-order valence-corrected chi connectivity index (χ0v) is 16.4. The monoisotopic (exact) mass is 425 g/mol. The standard InChI is InChI=1S/C18H20BrNO4S/c1-18(2,25(22,23)16-10-8-15(19)9-11-16)13-20-17(21)24-12-14-6-4-3-5-7-14/h3-11H,12-13H2,1-2H3,(H,20,21). The molecular weight excluding hydrogens is 406 g/mol. The summed E-state index contributed by atoms with van der Waals surface area (Å²) >= 11 is 3.28. The maximum atomic E-state index is 12.7. The molecule has 134 valence electrons. The van der Waals surface area contributed by atoms with Crippen LogP contribution in [0.4, 0.5) is 4.79 Å². The van der Waals surface area contributed by atoms with Crippen molar-refractivity contribution >= 4 is 31.9 Å².